The molecule has 4 aliphatic heterocycles. The Balaban J connectivity index is 1.36. The van der Waals surface area contributed by atoms with Crippen LogP contribution in [0.3, 0.4) is 0 Å². The number of amides is 6. The Morgan fingerprint density at radius 3 is 2.17 bits per heavy atom. The van der Waals surface area contributed by atoms with E-state index < -0.39 is 147 Å². The fourth-order valence-electron chi connectivity index (χ4n) is 8.75. The lowest BCUT2D eigenvalue weighted by molar-refractivity contribution is -0.274. The number of benzene rings is 2. The molecule has 4 fully saturated rings. The van der Waals surface area contributed by atoms with Crippen molar-refractivity contribution in [1.82, 2.24) is 25.3 Å². The van der Waals surface area contributed by atoms with Crippen LogP contribution in [0.2, 0.25) is 0 Å². The van der Waals surface area contributed by atoms with Gasteiger partial charge in [0.15, 0.2) is 5.78 Å². The predicted octanol–water partition coefficient (Wildman–Crippen LogP) is 3.07. The maximum atomic E-state index is 15.0. The van der Waals surface area contributed by atoms with Gasteiger partial charge in [0.05, 0.1) is 18.1 Å². The lowest BCUT2D eigenvalue weighted by atomic mass is 9.90. The number of ether oxygens (including phenoxy) is 2. The number of piperidine rings is 1. The van der Waals surface area contributed by atoms with Crippen molar-refractivity contribution in [3.05, 3.63) is 59.7 Å². The Labute approximate surface area is 373 Å². The lowest BCUT2D eigenvalue weighted by Crippen LogP contribution is -2.60. The van der Waals surface area contributed by atoms with Gasteiger partial charge in [-0.05, 0) is 87.9 Å². The van der Waals surface area contributed by atoms with Gasteiger partial charge in [-0.2, -0.15) is 0 Å². The standard InChI is InChI=1S/C41H48F5N6O13P/c1-21-36(55)51-13-5-7-32(51)39(58)63-22(2)29(37(56)52-20-28(65-66(60,61)62)18-33(52)38(57)50-12-4-3-6-31(50)35(54)47-21)19-34(53)30(16-23-14-24(42)17-25(43)15-23)49-40(59)48-26-8-10-27(11-9-26)64-41(44,45)46/h8-11,14-15,17,21-22,28-33H,3-7,12-13,16,18-20H2,1-2H3,(H,47,54)(H2,48,49,59)(H2,60,61,62)/t21-,22-,28+,29-,30-,31-,32-,33-/m0/s1. The number of hydrogen-bond acceptors (Lipinski definition) is 11. The number of anilines is 1. The number of cyclic esters (lactones) is 1. The Morgan fingerprint density at radius 1 is 0.879 bits per heavy atom. The van der Waals surface area contributed by atoms with E-state index in [0.717, 1.165) is 41.3 Å². The summed E-state index contributed by atoms with van der Waals surface area (Å²) in [4.78, 5) is 122. The van der Waals surface area contributed by atoms with Gasteiger partial charge in [0.25, 0.3) is 0 Å². The van der Waals surface area contributed by atoms with Gasteiger partial charge in [0.2, 0.25) is 23.6 Å². The number of phosphoric ester groups is 1. The van der Waals surface area contributed by atoms with E-state index in [4.69, 9.17) is 9.26 Å². The number of alkyl halides is 3. The van der Waals surface area contributed by atoms with Gasteiger partial charge in [0.1, 0.15) is 47.7 Å². The van der Waals surface area contributed by atoms with Crippen LogP contribution in [0.1, 0.15) is 64.4 Å². The van der Waals surface area contributed by atoms with Crippen molar-refractivity contribution >= 4 is 54.9 Å². The molecule has 25 heteroatoms. The van der Waals surface area contributed by atoms with Crippen molar-refractivity contribution in [2.75, 3.05) is 25.0 Å². The van der Waals surface area contributed by atoms with Crippen molar-refractivity contribution < 1.29 is 83.9 Å². The van der Waals surface area contributed by atoms with Crippen LogP contribution >= 0.6 is 7.82 Å². The smallest absolute Gasteiger partial charge is 0.460 e. The van der Waals surface area contributed by atoms with E-state index in [0.29, 0.717) is 25.3 Å². The molecule has 0 unspecified atom stereocenters. The van der Waals surface area contributed by atoms with Crippen molar-refractivity contribution in [3.8, 4) is 5.75 Å². The molecule has 4 heterocycles. The van der Waals surface area contributed by atoms with Crippen molar-refractivity contribution in [3.63, 3.8) is 0 Å². The minimum atomic E-state index is -5.24. The molecule has 0 saturated carbocycles. The summed E-state index contributed by atoms with van der Waals surface area (Å²) in [7, 11) is -5.24. The number of ketones is 1. The van der Waals surface area contributed by atoms with Crippen LogP contribution in [0.15, 0.2) is 42.5 Å². The quantitative estimate of drug-likeness (QED) is 0.131. The third-order valence-electron chi connectivity index (χ3n) is 11.8. The molecule has 5 N–H and O–H groups in total. The minimum absolute atomic E-state index is 0.0213. The second-order valence-corrected chi connectivity index (χ2v) is 17.7. The number of halogens is 5. The van der Waals surface area contributed by atoms with Gasteiger partial charge in [-0.3, -0.25) is 28.5 Å². The molecule has 19 nitrogen and oxygen atoms in total. The number of nitrogens with zero attached hydrogens (tertiary/aromatic N) is 3. The molecule has 360 valence electrons. The first-order valence-electron chi connectivity index (χ1n) is 21.0. The number of urea groups is 1. The highest BCUT2D eigenvalue weighted by molar-refractivity contribution is 7.46. The molecule has 6 amide bonds. The number of phosphoric acid groups is 1. The van der Waals surface area contributed by atoms with E-state index >= 15 is 0 Å². The minimum Gasteiger partial charge on any atom is -0.460 e. The molecule has 66 heavy (non-hydrogen) atoms. The second-order valence-electron chi connectivity index (χ2n) is 16.5. The average Bonchev–Trinajstić information content (AvgIpc) is 3.88. The SMILES string of the molecule is C[C@@H]1NC(=O)[C@@H]2CCCCN2C(=O)[C@@H]2C[C@@H](OP(=O)(O)O)CN2C(=O)[C@@H](CC(=O)[C@H](Cc2cc(F)cc(F)c2)NC(=O)Nc2ccc(OC(F)(F)F)cc2)[C@H](C)OC(=O)[C@@H]2CCCN2C1=O. The molecule has 8 atom stereocenters. The maximum Gasteiger partial charge on any atom is 0.573 e. The van der Waals surface area contributed by atoms with Crippen LogP contribution in [-0.2, 0) is 49.0 Å². The number of esters is 1. The molecule has 4 aliphatic rings. The lowest BCUT2D eigenvalue weighted by Gasteiger charge is -2.39. The molecule has 6 rings (SSSR count). The van der Waals surface area contributed by atoms with Gasteiger partial charge < -0.3 is 49.9 Å². The first-order chi connectivity index (χ1) is 31.0. The fraction of sp³-hybridized carbons (Fsp3) is 0.537. The number of hydrogen-bond donors (Lipinski definition) is 5. The van der Waals surface area contributed by atoms with Crippen molar-refractivity contribution in [2.45, 2.75) is 114 Å². The normalized spacial score (nSPS) is 26.2. The number of carbonyl (C=O) groups is 7. The maximum absolute atomic E-state index is 15.0. The van der Waals surface area contributed by atoms with Crippen LogP contribution in [-0.4, -0.2) is 134 Å². The molecule has 0 aromatic heterocycles. The highest BCUT2D eigenvalue weighted by Gasteiger charge is 2.50. The number of carbonyl (C=O) groups excluding carboxylic acids is 7. The Morgan fingerprint density at radius 2 is 1.52 bits per heavy atom. The predicted molar refractivity (Wildman–Crippen MR) is 217 cm³/mol. The van der Waals surface area contributed by atoms with Gasteiger partial charge in [-0.25, -0.2) is 22.9 Å². The summed E-state index contributed by atoms with van der Waals surface area (Å²) in [6.45, 7) is 2.16. The highest BCUT2D eigenvalue weighted by Crippen LogP contribution is 2.42. The Hall–Kier alpha value is -5.71. The third kappa shape index (κ3) is 12.6. The summed E-state index contributed by atoms with van der Waals surface area (Å²) in [6.07, 6.45) is -8.47. The second kappa shape index (κ2) is 20.4. The van der Waals surface area contributed by atoms with Gasteiger partial charge in [0, 0.05) is 50.7 Å². The van der Waals surface area contributed by atoms with Gasteiger partial charge >= 0.3 is 26.2 Å². The molecule has 0 radical (unpaired) electrons. The Bertz CT molecular complexity index is 2230. The Kier molecular flexibility index (Phi) is 15.4. The fourth-order valence-corrected chi connectivity index (χ4v) is 9.29. The zero-order valence-corrected chi connectivity index (χ0v) is 36.4. The summed E-state index contributed by atoms with van der Waals surface area (Å²) < 4.78 is 93.6. The number of fused-ring (bicyclic) bond motifs is 3. The molecular formula is C41H48F5N6O13P. The van der Waals surface area contributed by atoms with Gasteiger partial charge in [-0.15, -0.1) is 13.2 Å². The van der Waals surface area contributed by atoms with E-state index in [1.165, 1.54) is 23.6 Å². The largest absolute Gasteiger partial charge is 0.573 e. The first kappa shape index (κ1) is 49.7. The molecule has 0 aliphatic carbocycles. The first-order valence-corrected chi connectivity index (χ1v) is 22.6. The zero-order chi connectivity index (χ0) is 48.2. The molecular weight excluding hydrogens is 910 g/mol. The molecule has 0 bridgehead atoms. The summed E-state index contributed by atoms with van der Waals surface area (Å²) in [5, 5.41) is 7.31. The summed E-state index contributed by atoms with van der Waals surface area (Å²) in [5.74, 6) is -9.65. The van der Waals surface area contributed by atoms with Crippen LogP contribution in [0.5, 0.6) is 5.75 Å². The van der Waals surface area contributed by atoms with Crippen LogP contribution in [0.25, 0.3) is 0 Å². The van der Waals surface area contributed by atoms with Crippen molar-refractivity contribution in [2.24, 2.45) is 5.92 Å². The van der Waals surface area contributed by atoms with Gasteiger partial charge in [-0.1, -0.05) is 0 Å². The van der Waals surface area contributed by atoms with Crippen LogP contribution < -0.4 is 20.7 Å². The molecule has 2 aromatic rings. The topological polar surface area (TPSA) is 251 Å². The number of rotatable bonds is 10. The van der Waals surface area contributed by atoms with Crippen molar-refractivity contribution in [1.29, 1.82) is 0 Å². The zero-order valence-electron chi connectivity index (χ0n) is 35.5. The summed E-state index contributed by atoms with van der Waals surface area (Å²) in [6, 6.07) is -1.76. The molecule has 2 aromatic carbocycles. The monoisotopic (exact) mass is 958 g/mol. The van der Waals surface area contributed by atoms with E-state index in [2.05, 4.69) is 20.7 Å². The van der Waals surface area contributed by atoms with E-state index in [9.17, 15) is 69.9 Å². The van der Waals surface area contributed by atoms with Crippen LogP contribution in [0.4, 0.5) is 32.4 Å². The van der Waals surface area contributed by atoms with Crippen LogP contribution in [0, 0.1) is 17.6 Å². The highest BCUT2D eigenvalue weighted by atomic mass is 31.2. The third-order valence-corrected chi connectivity index (χ3v) is 12.3. The summed E-state index contributed by atoms with van der Waals surface area (Å²) in [5.41, 5.74) is -0.232. The van der Waals surface area contributed by atoms with E-state index in [-0.39, 0.29) is 37.2 Å². The average molecular weight is 959 g/mol. The molecule has 4 saturated heterocycles. The summed E-state index contributed by atoms with van der Waals surface area (Å²) >= 11 is 0. The van der Waals surface area contributed by atoms with E-state index in [1.54, 1.807) is 0 Å². The number of nitrogens with one attached hydrogen (secondary N) is 3. The number of Topliss-reactive ketones (excluding diaryl/α,β-unsaturated/α-hetero) is 1. The molecule has 0 spiro atoms. The van der Waals surface area contributed by atoms with E-state index in [1.807, 2.05) is 0 Å².